The van der Waals surface area contributed by atoms with Crippen LogP contribution in [0.5, 0.6) is 5.75 Å². The minimum atomic E-state index is -0.244. The van der Waals surface area contributed by atoms with Gasteiger partial charge in [-0.05, 0) is 73.2 Å². The molecule has 2 aromatic carbocycles. The number of carbonyl (C=O) groups excluding carboxylic acids is 1. The average molecular weight is 333 g/mol. The van der Waals surface area contributed by atoms with Gasteiger partial charge in [0, 0.05) is 23.6 Å². The molecule has 126 valence electrons. The largest absolute Gasteiger partial charge is 0.497 e. The molecular formula is C20H19N3O2. The van der Waals surface area contributed by atoms with E-state index in [2.05, 4.69) is 10.5 Å². The lowest BCUT2D eigenvalue weighted by Gasteiger charge is -2.06. The van der Waals surface area contributed by atoms with E-state index < -0.39 is 0 Å². The molecule has 0 radical (unpaired) electrons. The molecule has 1 aromatic heterocycles. The fraction of sp³-hybridized carbons (Fsp3) is 0.100. The lowest BCUT2D eigenvalue weighted by Crippen LogP contribution is -2.19. The van der Waals surface area contributed by atoms with E-state index in [1.807, 2.05) is 72.4 Å². The minimum Gasteiger partial charge on any atom is -0.497 e. The monoisotopic (exact) mass is 333 g/mol. The fourth-order valence-corrected chi connectivity index (χ4v) is 2.39. The summed E-state index contributed by atoms with van der Waals surface area (Å²) < 4.78 is 7.11. The summed E-state index contributed by atoms with van der Waals surface area (Å²) in [6, 6.07) is 18.8. The third-order valence-corrected chi connectivity index (χ3v) is 3.87. The number of hydrazone groups is 1. The number of nitrogens with one attached hydrogen (secondary N) is 1. The highest BCUT2D eigenvalue weighted by atomic mass is 16.5. The molecule has 25 heavy (non-hydrogen) atoms. The first kappa shape index (κ1) is 16.5. The number of amides is 1. The molecule has 0 saturated heterocycles. The van der Waals surface area contributed by atoms with Crippen molar-refractivity contribution in [1.29, 1.82) is 0 Å². The maximum absolute atomic E-state index is 12.2. The fourth-order valence-electron chi connectivity index (χ4n) is 2.39. The average Bonchev–Trinajstić information content (AvgIpc) is 3.21. The Balaban J connectivity index is 1.66. The van der Waals surface area contributed by atoms with Crippen LogP contribution in [-0.4, -0.2) is 23.3 Å². The summed E-state index contributed by atoms with van der Waals surface area (Å²) >= 11 is 0. The molecule has 1 heterocycles. The van der Waals surface area contributed by atoms with Gasteiger partial charge in [0.2, 0.25) is 0 Å². The van der Waals surface area contributed by atoms with Crippen LogP contribution in [0.1, 0.15) is 22.8 Å². The Morgan fingerprint density at radius 1 is 0.960 bits per heavy atom. The number of methoxy groups -OCH3 is 1. The summed E-state index contributed by atoms with van der Waals surface area (Å²) in [4.78, 5) is 12.2. The van der Waals surface area contributed by atoms with Crippen LogP contribution in [0.3, 0.4) is 0 Å². The molecule has 5 nitrogen and oxygen atoms in total. The van der Waals surface area contributed by atoms with Gasteiger partial charge in [-0.2, -0.15) is 5.10 Å². The van der Waals surface area contributed by atoms with Crippen LogP contribution >= 0.6 is 0 Å². The van der Waals surface area contributed by atoms with E-state index in [1.165, 1.54) is 0 Å². The predicted octanol–water partition coefficient (Wildman–Crippen LogP) is 3.64. The van der Waals surface area contributed by atoms with Crippen LogP contribution in [0.2, 0.25) is 0 Å². The van der Waals surface area contributed by atoms with Gasteiger partial charge in [-0.15, -0.1) is 0 Å². The zero-order valence-electron chi connectivity index (χ0n) is 14.1. The van der Waals surface area contributed by atoms with Crippen molar-refractivity contribution >= 4 is 11.6 Å². The lowest BCUT2D eigenvalue weighted by atomic mass is 10.1. The van der Waals surface area contributed by atoms with Crippen molar-refractivity contribution in [1.82, 2.24) is 9.99 Å². The second-order valence-corrected chi connectivity index (χ2v) is 5.50. The highest BCUT2D eigenvalue weighted by molar-refractivity contribution is 6.00. The first-order valence-corrected chi connectivity index (χ1v) is 7.90. The molecule has 1 N–H and O–H groups in total. The van der Waals surface area contributed by atoms with Gasteiger partial charge in [-0.25, -0.2) is 5.43 Å². The summed E-state index contributed by atoms with van der Waals surface area (Å²) in [5.74, 6) is 0.537. The Morgan fingerprint density at radius 2 is 1.56 bits per heavy atom. The van der Waals surface area contributed by atoms with E-state index in [-0.39, 0.29) is 5.91 Å². The van der Waals surface area contributed by atoms with Crippen molar-refractivity contribution in [2.45, 2.75) is 6.92 Å². The standard InChI is InChI=1S/C20H19N3O2/c1-15(16-7-11-19(25-2)12-8-16)21-22-20(24)17-5-9-18(10-6-17)23-13-3-4-14-23/h3-14H,1-2H3,(H,22,24)/b21-15+. The maximum Gasteiger partial charge on any atom is 0.271 e. The second-order valence-electron chi connectivity index (χ2n) is 5.50. The normalized spacial score (nSPS) is 11.2. The van der Waals surface area contributed by atoms with E-state index in [4.69, 9.17) is 4.74 Å². The van der Waals surface area contributed by atoms with Crippen LogP contribution in [-0.2, 0) is 0 Å². The Kier molecular flexibility index (Phi) is 4.95. The van der Waals surface area contributed by atoms with Gasteiger partial charge in [0.15, 0.2) is 0 Å². The van der Waals surface area contributed by atoms with Crippen LogP contribution in [0.4, 0.5) is 0 Å². The van der Waals surface area contributed by atoms with Crippen molar-refractivity contribution in [3.05, 3.63) is 84.2 Å². The number of rotatable bonds is 5. The molecule has 0 spiro atoms. The van der Waals surface area contributed by atoms with Gasteiger partial charge in [-0.3, -0.25) is 4.79 Å². The van der Waals surface area contributed by atoms with Gasteiger partial charge in [-0.1, -0.05) is 0 Å². The molecule has 0 aliphatic heterocycles. The van der Waals surface area contributed by atoms with Crippen LogP contribution < -0.4 is 10.2 Å². The highest BCUT2D eigenvalue weighted by Crippen LogP contribution is 2.12. The third-order valence-electron chi connectivity index (χ3n) is 3.87. The van der Waals surface area contributed by atoms with E-state index in [1.54, 1.807) is 19.2 Å². The molecule has 0 unspecified atom stereocenters. The molecule has 5 heteroatoms. The predicted molar refractivity (Wildman–Crippen MR) is 98.4 cm³/mol. The molecule has 0 saturated carbocycles. The van der Waals surface area contributed by atoms with Gasteiger partial charge in [0.05, 0.1) is 12.8 Å². The molecule has 0 atom stereocenters. The molecule has 0 bridgehead atoms. The first-order chi connectivity index (χ1) is 12.2. The molecule has 3 rings (SSSR count). The highest BCUT2D eigenvalue weighted by Gasteiger charge is 2.06. The van der Waals surface area contributed by atoms with Gasteiger partial charge in [0.1, 0.15) is 5.75 Å². The summed E-state index contributed by atoms with van der Waals surface area (Å²) in [6.07, 6.45) is 3.91. The third kappa shape index (κ3) is 3.95. The second kappa shape index (κ2) is 7.49. The number of ether oxygens (including phenoxy) is 1. The Hall–Kier alpha value is -3.34. The lowest BCUT2D eigenvalue weighted by molar-refractivity contribution is 0.0955. The maximum atomic E-state index is 12.2. The quantitative estimate of drug-likeness (QED) is 0.572. The summed E-state index contributed by atoms with van der Waals surface area (Å²) in [7, 11) is 1.62. The van der Waals surface area contributed by atoms with Crippen molar-refractivity contribution in [2.75, 3.05) is 7.11 Å². The van der Waals surface area contributed by atoms with Crippen molar-refractivity contribution in [2.24, 2.45) is 5.10 Å². The number of nitrogens with zero attached hydrogens (tertiary/aromatic N) is 2. The van der Waals surface area contributed by atoms with Crippen LogP contribution in [0.25, 0.3) is 5.69 Å². The number of hydrogen-bond donors (Lipinski definition) is 1. The number of carbonyl (C=O) groups is 1. The Morgan fingerprint density at radius 3 is 2.16 bits per heavy atom. The molecule has 0 aliphatic rings. The number of hydrogen-bond acceptors (Lipinski definition) is 3. The van der Waals surface area contributed by atoms with Gasteiger partial charge >= 0.3 is 0 Å². The Labute approximate surface area is 146 Å². The smallest absolute Gasteiger partial charge is 0.271 e. The molecule has 0 aliphatic carbocycles. The summed E-state index contributed by atoms with van der Waals surface area (Å²) in [6.45, 7) is 1.84. The zero-order chi connectivity index (χ0) is 17.6. The Bertz CT molecular complexity index is 864. The van der Waals surface area contributed by atoms with Crippen LogP contribution in [0.15, 0.2) is 78.2 Å². The molecule has 1 amide bonds. The summed E-state index contributed by atoms with van der Waals surface area (Å²) in [5, 5.41) is 4.17. The first-order valence-electron chi connectivity index (χ1n) is 7.90. The van der Waals surface area contributed by atoms with Gasteiger partial charge in [0.25, 0.3) is 5.91 Å². The van der Waals surface area contributed by atoms with Crippen molar-refractivity contribution < 1.29 is 9.53 Å². The molecule has 3 aromatic rings. The minimum absolute atomic E-state index is 0.244. The van der Waals surface area contributed by atoms with E-state index in [0.29, 0.717) is 5.56 Å². The number of aromatic nitrogens is 1. The van der Waals surface area contributed by atoms with Gasteiger partial charge < -0.3 is 9.30 Å². The van der Waals surface area contributed by atoms with E-state index in [9.17, 15) is 4.79 Å². The SMILES string of the molecule is COc1ccc(/C(C)=N/NC(=O)c2ccc(-n3cccc3)cc2)cc1. The molecular weight excluding hydrogens is 314 g/mol. The molecule has 0 fully saturated rings. The van der Waals surface area contributed by atoms with Crippen molar-refractivity contribution in [3.8, 4) is 11.4 Å². The van der Waals surface area contributed by atoms with Crippen LogP contribution in [0, 0.1) is 0 Å². The topological polar surface area (TPSA) is 55.6 Å². The number of benzene rings is 2. The van der Waals surface area contributed by atoms with Crippen molar-refractivity contribution in [3.63, 3.8) is 0 Å². The van der Waals surface area contributed by atoms with E-state index >= 15 is 0 Å². The summed E-state index contributed by atoms with van der Waals surface area (Å²) in [5.41, 5.74) is 5.79. The zero-order valence-corrected chi connectivity index (χ0v) is 14.1. The van der Waals surface area contributed by atoms with E-state index in [0.717, 1.165) is 22.7 Å².